The summed E-state index contributed by atoms with van der Waals surface area (Å²) in [5, 5.41) is 32.0. The van der Waals surface area contributed by atoms with Gasteiger partial charge < -0.3 is 15.3 Å². The maximum Gasteiger partial charge on any atom is 0.190 e. The molecule has 4 aliphatic rings. The lowest BCUT2D eigenvalue weighted by Crippen LogP contribution is -2.62. The van der Waals surface area contributed by atoms with E-state index in [4.69, 9.17) is 0 Å². The van der Waals surface area contributed by atoms with Gasteiger partial charge in [0.25, 0.3) is 0 Å². The molecule has 4 rings (SSSR count). The molecule has 0 aromatic heterocycles. The van der Waals surface area contributed by atoms with Crippen LogP contribution in [0.4, 0.5) is 0 Å². The third-order valence-corrected chi connectivity index (χ3v) is 9.31. The quantitative estimate of drug-likeness (QED) is 0.675. The van der Waals surface area contributed by atoms with Crippen molar-refractivity contribution in [1.29, 1.82) is 0 Å². The second kappa shape index (κ2) is 6.10. The van der Waals surface area contributed by atoms with Gasteiger partial charge in [-0.2, -0.15) is 0 Å². The first-order valence-electron chi connectivity index (χ1n) is 10.5. The summed E-state index contributed by atoms with van der Waals surface area (Å²) in [6, 6.07) is 0. The maximum atomic E-state index is 12.4. The topological polar surface area (TPSA) is 94.8 Å². The standard InChI is InChI=1S/C23H32O5/c1-12-13(2)22(4)14(9-17(12)25)5-6-15-16-7-8-23(28,19(27)11-24)21(16,3)10-18(26)20(15)22/h9,15-16,18,20,24,26,28H,5-8,10-11H2,1-4H3/t15-,16-,18-,20+,21-,22-,23-/m0/s1. The first kappa shape index (κ1) is 20.0. The van der Waals surface area contributed by atoms with Crippen molar-refractivity contribution in [2.24, 2.45) is 28.6 Å². The zero-order chi connectivity index (χ0) is 20.6. The predicted octanol–water partition coefficient (Wildman–Crippen LogP) is 2.34. The lowest BCUT2D eigenvalue weighted by atomic mass is 9.44. The van der Waals surface area contributed by atoms with Crippen LogP contribution in [-0.2, 0) is 9.59 Å². The average Bonchev–Trinajstić information content (AvgIpc) is 2.92. The van der Waals surface area contributed by atoms with Crippen molar-refractivity contribution < 1.29 is 24.9 Å². The second-order valence-electron chi connectivity index (χ2n) is 9.99. The van der Waals surface area contributed by atoms with Gasteiger partial charge in [0.15, 0.2) is 11.6 Å². The van der Waals surface area contributed by atoms with Gasteiger partial charge in [-0.3, -0.25) is 9.59 Å². The first-order chi connectivity index (χ1) is 13.0. The summed E-state index contributed by atoms with van der Waals surface area (Å²) >= 11 is 0. The van der Waals surface area contributed by atoms with Gasteiger partial charge in [0.2, 0.25) is 0 Å². The Balaban J connectivity index is 1.80. The van der Waals surface area contributed by atoms with Crippen molar-refractivity contribution in [3.05, 3.63) is 22.8 Å². The highest BCUT2D eigenvalue weighted by atomic mass is 16.3. The molecule has 0 bridgehead atoms. The van der Waals surface area contributed by atoms with Crippen LogP contribution in [0, 0.1) is 28.6 Å². The van der Waals surface area contributed by atoms with Gasteiger partial charge in [-0.1, -0.05) is 25.0 Å². The van der Waals surface area contributed by atoms with E-state index < -0.39 is 29.5 Å². The molecule has 7 atom stereocenters. The fourth-order valence-electron chi connectivity index (χ4n) is 7.51. The van der Waals surface area contributed by atoms with E-state index in [1.807, 2.05) is 20.8 Å². The minimum atomic E-state index is -1.57. The second-order valence-corrected chi connectivity index (χ2v) is 9.99. The van der Waals surface area contributed by atoms with Crippen molar-refractivity contribution in [1.82, 2.24) is 0 Å². The van der Waals surface area contributed by atoms with Crippen molar-refractivity contribution >= 4 is 11.6 Å². The van der Waals surface area contributed by atoms with Crippen LogP contribution in [0.1, 0.15) is 59.8 Å². The molecular weight excluding hydrogens is 356 g/mol. The molecule has 4 aliphatic carbocycles. The highest BCUT2D eigenvalue weighted by Gasteiger charge is 2.68. The van der Waals surface area contributed by atoms with Crippen LogP contribution in [0.5, 0.6) is 0 Å². The van der Waals surface area contributed by atoms with E-state index in [-0.39, 0.29) is 29.0 Å². The Hall–Kier alpha value is -1.30. The zero-order valence-corrected chi connectivity index (χ0v) is 17.3. The van der Waals surface area contributed by atoms with E-state index in [1.54, 1.807) is 6.08 Å². The van der Waals surface area contributed by atoms with E-state index in [0.717, 1.165) is 36.0 Å². The molecule has 0 aromatic rings. The van der Waals surface area contributed by atoms with E-state index >= 15 is 0 Å². The number of fused-ring (bicyclic) bond motifs is 5. The first-order valence-corrected chi connectivity index (χ1v) is 10.5. The minimum Gasteiger partial charge on any atom is -0.393 e. The number of rotatable bonds is 2. The van der Waals surface area contributed by atoms with Gasteiger partial charge in [0, 0.05) is 16.7 Å². The third-order valence-electron chi connectivity index (χ3n) is 9.31. The summed E-state index contributed by atoms with van der Waals surface area (Å²) in [5.74, 6) is -0.193. The van der Waals surface area contributed by atoms with Crippen molar-refractivity contribution in [3.8, 4) is 0 Å². The molecule has 0 heterocycles. The van der Waals surface area contributed by atoms with Gasteiger partial charge in [-0.25, -0.2) is 0 Å². The number of Topliss-reactive ketones (excluding diaryl/α,β-unsaturated/α-hetero) is 1. The van der Waals surface area contributed by atoms with Crippen LogP contribution in [0.25, 0.3) is 0 Å². The van der Waals surface area contributed by atoms with Crippen molar-refractivity contribution in [2.45, 2.75) is 71.5 Å². The highest BCUT2D eigenvalue weighted by molar-refractivity contribution is 6.06. The Bertz CT molecular complexity index is 810. The van der Waals surface area contributed by atoms with Crippen LogP contribution in [0.2, 0.25) is 0 Å². The van der Waals surface area contributed by atoms with Gasteiger partial charge in [0.1, 0.15) is 12.2 Å². The molecule has 5 heteroatoms. The number of ketones is 2. The van der Waals surface area contributed by atoms with Gasteiger partial charge in [-0.05, 0) is 69.4 Å². The van der Waals surface area contributed by atoms with Crippen molar-refractivity contribution in [2.75, 3.05) is 6.61 Å². The van der Waals surface area contributed by atoms with E-state index in [0.29, 0.717) is 12.8 Å². The highest BCUT2D eigenvalue weighted by Crippen LogP contribution is 2.68. The summed E-state index contributed by atoms with van der Waals surface area (Å²) in [6.45, 7) is 7.30. The fourth-order valence-corrected chi connectivity index (χ4v) is 7.51. The molecule has 0 amide bonds. The third kappa shape index (κ3) is 2.18. The molecule has 0 spiro atoms. The lowest BCUT2D eigenvalue weighted by molar-refractivity contribution is -0.179. The molecule has 28 heavy (non-hydrogen) atoms. The smallest absolute Gasteiger partial charge is 0.190 e. The molecule has 0 aromatic carbocycles. The summed E-state index contributed by atoms with van der Waals surface area (Å²) in [7, 11) is 0. The molecule has 0 unspecified atom stereocenters. The number of carbonyl (C=O) groups excluding carboxylic acids is 2. The van der Waals surface area contributed by atoms with Crippen LogP contribution < -0.4 is 0 Å². The Morgan fingerprint density at radius 3 is 2.57 bits per heavy atom. The number of hydrogen-bond acceptors (Lipinski definition) is 5. The maximum absolute atomic E-state index is 12.4. The van der Waals surface area contributed by atoms with Crippen LogP contribution in [0.3, 0.4) is 0 Å². The number of hydrogen-bond donors (Lipinski definition) is 3. The average molecular weight is 389 g/mol. The molecule has 3 saturated carbocycles. The van der Waals surface area contributed by atoms with Crippen LogP contribution in [0.15, 0.2) is 22.8 Å². The largest absolute Gasteiger partial charge is 0.393 e. The number of aliphatic hydroxyl groups excluding tert-OH is 2. The monoisotopic (exact) mass is 388 g/mol. The molecular formula is C23H32O5. The molecule has 5 nitrogen and oxygen atoms in total. The molecule has 3 fully saturated rings. The van der Waals surface area contributed by atoms with Crippen molar-refractivity contribution in [3.63, 3.8) is 0 Å². The number of carbonyl (C=O) groups is 2. The Morgan fingerprint density at radius 1 is 1.25 bits per heavy atom. The summed E-state index contributed by atoms with van der Waals surface area (Å²) in [5.41, 5.74) is 0.270. The van der Waals surface area contributed by atoms with Gasteiger partial charge >= 0.3 is 0 Å². The summed E-state index contributed by atoms with van der Waals surface area (Å²) in [4.78, 5) is 24.8. The normalized spacial score (nSPS) is 48.0. The number of allylic oxidation sites excluding steroid dienone is 4. The molecule has 0 saturated heterocycles. The Labute approximate surface area is 166 Å². The Kier molecular flexibility index (Phi) is 4.36. The van der Waals surface area contributed by atoms with Crippen LogP contribution in [-0.4, -0.2) is 45.2 Å². The van der Waals surface area contributed by atoms with E-state index in [1.165, 1.54) is 0 Å². The molecule has 0 radical (unpaired) electrons. The predicted molar refractivity (Wildman–Crippen MR) is 104 cm³/mol. The zero-order valence-electron chi connectivity index (χ0n) is 17.3. The lowest BCUT2D eigenvalue weighted by Gasteiger charge is -2.60. The Morgan fingerprint density at radius 2 is 1.93 bits per heavy atom. The SMILES string of the molecule is CC1=C(C)[C@@]2(C)C(=CC1=O)CC[C@@H]1[C@@H]2[C@@H](O)C[C@@]2(C)[C@H]1CC[C@]2(O)C(=O)CO. The summed E-state index contributed by atoms with van der Waals surface area (Å²) in [6.07, 6.45) is 4.17. The van der Waals surface area contributed by atoms with E-state index in [2.05, 4.69) is 6.92 Å². The fraction of sp³-hybridized carbons (Fsp3) is 0.739. The summed E-state index contributed by atoms with van der Waals surface area (Å²) < 4.78 is 0. The molecule has 3 N–H and O–H groups in total. The molecule has 0 aliphatic heterocycles. The molecule has 154 valence electrons. The van der Waals surface area contributed by atoms with E-state index in [9.17, 15) is 24.9 Å². The van der Waals surface area contributed by atoms with Crippen LogP contribution >= 0.6 is 0 Å². The minimum absolute atomic E-state index is 0.0276. The van der Waals surface area contributed by atoms with Gasteiger partial charge in [0.05, 0.1) is 6.10 Å². The van der Waals surface area contributed by atoms with Gasteiger partial charge in [-0.15, -0.1) is 0 Å². The number of aliphatic hydroxyl groups is 3.